The van der Waals surface area contributed by atoms with Crippen LogP contribution in [0.5, 0.6) is 0 Å². The maximum absolute atomic E-state index is 10.3. The minimum absolute atomic E-state index is 0.0484. The summed E-state index contributed by atoms with van der Waals surface area (Å²) in [4.78, 5) is 9.81. The van der Waals surface area contributed by atoms with E-state index in [0.717, 1.165) is 5.56 Å². The summed E-state index contributed by atoms with van der Waals surface area (Å²) in [6.45, 7) is 3.33. The van der Waals surface area contributed by atoms with Crippen molar-refractivity contribution in [1.29, 1.82) is 0 Å². The minimum Gasteiger partial charge on any atom is -0.513 e. The van der Waals surface area contributed by atoms with Gasteiger partial charge in [-0.2, -0.15) is 0 Å². The van der Waals surface area contributed by atoms with Gasteiger partial charge >= 0.3 is 0 Å². The maximum atomic E-state index is 10.3. The SMILES string of the molecule is C=C(O)Cc1ccc([N+](=O)[O-])cc1. The number of non-ortho nitro benzene ring substituents is 1. The van der Waals surface area contributed by atoms with E-state index < -0.39 is 4.92 Å². The van der Waals surface area contributed by atoms with Crippen LogP contribution < -0.4 is 0 Å². The first-order valence-corrected chi connectivity index (χ1v) is 3.69. The third-order valence-corrected chi connectivity index (χ3v) is 1.56. The molecule has 13 heavy (non-hydrogen) atoms. The lowest BCUT2D eigenvalue weighted by molar-refractivity contribution is -0.384. The predicted molar refractivity (Wildman–Crippen MR) is 48.6 cm³/mol. The van der Waals surface area contributed by atoms with E-state index in [4.69, 9.17) is 5.11 Å². The lowest BCUT2D eigenvalue weighted by Crippen LogP contribution is -1.90. The van der Waals surface area contributed by atoms with Crippen LogP contribution in [0.1, 0.15) is 5.56 Å². The van der Waals surface area contributed by atoms with Gasteiger partial charge in [-0.05, 0) is 5.56 Å². The first-order valence-electron chi connectivity index (χ1n) is 3.69. The highest BCUT2D eigenvalue weighted by molar-refractivity contribution is 5.33. The van der Waals surface area contributed by atoms with Crippen molar-refractivity contribution in [2.24, 2.45) is 0 Å². The van der Waals surface area contributed by atoms with Crippen molar-refractivity contribution in [3.05, 3.63) is 52.3 Å². The molecule has 4 nitrogen and oxygen atoms in total. The summed E-state index contributed by atoms with van der Waals surface area (Å²) in [5.74, 6) is 0.0499. The van der Waals surface area contributed by atoms with Crippen LogP contribution in [-0.4, -0.2) is 10.0 Å². The highest BCUT2D eigenvalue weighted by Gasteiger charge is 2.03. The molecule has 0 aliphatic rings. The molecule has 0 radical (unpaired) electrons. The van der Waals surface area contributed by atoms with E-state index in [9.17, 15) is 10.1 Å². The first-order chi connectivity index (χ1) is 6.09. The molecule has 4 heteroatoms. The third-order valence-electron chi connectivity index (χ3n) is 1.56. The summed E-state index contributed by atoms with van der Waals surface area (Å²) >= 11 is 0. The van der Waals surface area contributed by atoms with E-state index in [1.54, 1.807) is 12.1 Å². The Morgan fingerprint density at radius 2 is 2.00 bits per heavy atom. The largest absolute Gasteiger partial charge is 0.513 e. The lowest BCUT2D eigenvalue weighted by atomic mass is 10.1. The fourth-order valence-corrected chi connectivity index (χ4v) is 0.971. The van der Waals surface area contributed by atoms with Gasteiger partial charge in [0.2, 0.25) is 0 Å². The molecule has 68 valence electrons. The van der Waals surface area contributed by atoms with Gasteiger partial charge in [0.05, 0.1) is 10.7 Å². The van der Waals surface area contributed by atoms with Crippen molar-refractivity contribution in [1.82, 2.24) is 0 Å². The molecule has 0 aliphatic carbocycles. The number of nitro groups is 1. The van der Waals surface area contributed by atoms with Gasteiger partial charge in [-0.15, -0.1) is 0 Å². The van der Waals surface area contributed by atoms with E-state index >= 15 is 0 Å². The van der Waals surface area contributed by atoms with E-state index in [-0.39, 0.29) is 11.4 Å². The molecule has 0 saturated carbocycles. The first kappa shape index (κ1) is 9.25. The van der Waals surface area contributed by atoms with Crippen LogP contribution in [0.15, 0.2) is 36.6 Å². The quantitative estimate of drug-likeness (QED) is 0.439. The topological polar surface area (TPSA) is 63.4 Å². The number of nitrogens with zero attached hydrogens (tertiary/aromatic N) is 1. The molecule has 0 aliphatic heterocycles. The Bertz CT molecular complexity index is 329. The van der Waals surface area contributed by atoms with Crippen molar-refractivity contribution >= 4 is 5.69 Å². The molecule has 0 bridgehead atoms. The number of aliphatic hydroxyl groups excluding tert-OH is 1. The van der Waals surface area contributed by atoms with Gasteiger partial charge in [-0.25, -0.2) is 0 Å². The standard InChI is InChI=1S/C9H9NO3/c1-7(11)6-8-2-4-9(5-3-8)10(12)13/h2-5,11H,1,6H2. The predicted octanol–water partition coefficient (Wildman–Crippen LogP) is 2.21. The lowest BCUT2D eigenvalue weighted by Gasteiger charge is -1.98. The summed E-state index contributed by atoms with van der Waals surface area (Å²) in [6.07, 6.45) is 0.331. The molecule has 1 N–H and O–H groups in total. The Kier molecular flexibility index (Phi) is 2.64. The Hall–Kier alpha value is -1.84. The molecule has 0 fully saturated rings. The molecule has 0 saturated heterocycles. The van der Waals surface area contributed by atoms with Crippen LogP contribution in [-0.2, 0) is 6.42 Å². The summed E-state index contributed by atoms with van der Waals surface area (Å²) in [5, 5.41) is 19.1. The maximum Gasteiger partial charge on any atom is 0.269 e. The van der Waals surface area contributed by atoms with Crippen LogP contribution in [0.3, 0.4) is 0 Å². The van der Waals surface area contributed by atoms with E-state index in [2.05, 4.69) is 6.58 Å². The Morgan fingerprint density at radius 3 is 2.38 bits per heavy atom. The zero-order valence-electron chi connectivity index (χ0n) is 6.93. The normalized spacial score (nSPS) is 9.54. The second kappa shape index (κ2) is 3.71. The van der Waals surface area contributed by atoms with Gasteiger partial charge in [0.1, 0.15) is 0 Å². The van der Waals surface area contributed by atoms with E-state index in [1.165, 1.54) is 12.1 Å². The van der Waals surface area contributed by atoms with Crippen molar-refractivity contribution in [2.75, 3.05) is 0 Å². The van der Waals surface area contributed by atoms with Crippen molar-refractivity contribution in [3.63, 3.8) is 0 Å². The summed E-state index contributed by atoms with van der Waals surface area (Å²) < 4.78 is 0. The highest BCUT2D eigenvalue weighted by Crippen LogP contribution is 2.13. The molecule has 0 atom stereocenters. The fourth-order valence-electron chi connectivity index (χ4n) is 0.971. The second-order valence-electron chi connectivity index (χ2n) is 2.67. The molecule has 0 heterocycles. The minimum atomic E-state index is -0.461. The van der Waals surface area contributed by atoms with Gasteiger partial charge in [-0.3, -0.25) is 10.1 Å². The number of aliphatic hydroxyl groups is 1. The average Bonchev–Trinajstić information content (AvgIpc) is 2.04. The molecule has 0 unspecified atom stereocenters. The van der Waals surface area contributed by atoms with Crippen LogP contribution >= 0.6 is 0 Å². The number of allylic oxidation sites excluding steroid dienone is 1. The Labute approximate surface area is 75.3 Å². The van der Waals surface area contributed by atoms with Crippen molar-refractivity contribution in [3.8, 4) is 0 Å². The third kappa shape index (κ3) is 2.59. The van der Waals surface area contributed by atoms with Crippen LogP contribution in [0.25, 0.3) is 0 Å². The highest BCUT2D eigenvalue weighted by atomic mass is 16.6. The van der Waals surface area contributed by atoms with Crippen LogP contribution in [0.4, 0.5) is 5.69 Å². The molecule has 0 spiro atoms. The second-order valence-corrected chi connectivity index (χ2v) is 2.67. The number of hydrogen-bond donors (Lipinski definition) is 1. The number of benzene rings is 1. The van der Waals surface area contributed by atoms with Gasteiger partial charge in [-0.1, -0.05) is 18.7 Å². The molecular formula is C9H9NO3. The zero-order chi connectivity index (χ0) is 9.84. The van der Waals surface area contributed by atoms with Gasteiger partial charge < -0.3 is 5.11 Å². The van der Waals surface area contributed by atoms with E-state index in [1.807, 2.05) is 0 Å². The summed E-state index contributed by atoms with van der Waals surface area (Å²) in [6, 6.07) is 6.00. The molecule has 0 aromatic heterocycles. The van der Waals surface area contributed by atoms with Crippen LogP contribution in [0, 0.1) is 10.1 Å². The van der Waals surface area contributed by atoms with E-state index in [0.29, 0.717) is 6.42 Å². The van der Waals surface area contributed by atoms with Crippen LogP contribution in [0.2, 0.25) is 0 Å². The monoisotopic (exact) mass is 179 g/mol. The number of nitro benzene ring substituents is 1. The van der Waals surface area contributed by atoms with Gasteiger partial charge in [0, 0.05) is 18.6 Å². The summed E-state index contributed by atoms with van der Waals surface area (Å²) in [7, 11) is 0. The fraction of sp³-hybridized carbons (Fsp3) is 0.111. The molecule has 1 aromatic rings. The summed E-state index contributed by atoms with van der Waals surface area (Å²) in [5.41, 5.74) is 0.852. The molecular weight excluding hydrogens is 170 g/mol. The number of hydrogen-bond acceptors (Lipinski definition) is 3. The zero-order valence-corrected chi connectivity index (χ0v) is 6.93. The van der Waals surface area contributed by atoms with Gasteiger partial charge in [0.25, 0.3) is 5.69 Å². The molecule has 1 aromatic carbocycles. The van der Waals surface area contributed by atoms with Gasteiger partial charge in [0.15, 0.2) is 0 Å². The number of rotatable bonds is 3. The Morgan fingerprint density at radius 1 is 1.46 bits per heavy atom. The average molecular weight is 179 g/mol. The molecule has 1 rings (SSSR count). The Balaban J connectivity index is 2.81. The van der Waals surface area contributed by atoms with Crippen molar-refractivity contribution in [2.45, 2.75) is 6.42 Å². The smallest absolute Gasteiger partial charge is 0.269 e. The van der Waals surface area contributed by atoms with Crippen molar-refractivity contribution < 1.29 is 10.0 Å². The molecule has 0 amide bonds.